The highest BCUT2D eigenvalue weighted by Gasteiger charge is 2.42. The minimum absolute atomic E-state index is 0.0189. The first-order valence-corrected chi connectivity index (χ1v) is 7.45. The van der Waals surface area contributed by atoms with Gasteiger partial charge in [0.25, 0.3) is 0 Å². The van der Waals surface area contributed by atoms with Crippen LogP contribution in [0, 0.1) is 16.7 Å². The van der Waals surface area contributed by atoms with Crippen molar-refractivity contribution in [2.45, 2.75) is 32.6 Å². The Balaban J connectivity index is 2.17. The maximum Gasteiger partial charge on any atom is 0.205 e. The predicted octanol–water partition coefficient (Wildman–Crippen LogP) is 2.84. The van der Waals surface area contributed by atoms with Crippen LogP contribution in [0.5, 0.6) is 5.75 Å². The highest BCUT2D eigenvalue weighted by Crippen LogP contribution is 2.47. The fourth-order valence-corrected chi connectivity index (χ4v) is 3.28. The number of Topliss-reactive ketones (excluding diaryl/α,β-unsaturated/α-hetero) is 1. The van der Waals surface area contributed by atoms with E-state index in [1.807, 2.05) is 13.8 Å². The number of phenols is 1. The topological polar surface area (TPSA) is 96.3 Å². The molecule has 0 amide bonds. The van der Waals surface area contributed by atoms with E-state index < -0.39 is 5.92 Å². The average molecular weight is 310 g/mol. The molecule has 0 bridgehead atoms. The van der Waals surface area contributed by atoms with E-state index in [1.54, 1.807) is 12.1 Å². The van der Waals surface area contributed by atoms with Gasteiger partial charge in [0, 0.05) is 18.4 Å². The summed E-state index contributed by atoms with van der Waals surface area (Å²) in [5.41, 5.74) is 7.23. The monoisotopic (exact) mass is 310 g/mol. The zero-order chi connectivity index (χ0) is 16.8. The van der Waals surface area contributed by atoms with Crippen LogP contribution in [0.15, 0.2) is 47.1 Å². The number of ketones is 1. The summed E-state index contributed by atoms with van der Waals surface area (Å²) in [6.07, 6.45) is 1.00. The first-order valence-electron chi connectivity index (χ1n) is 7.45. The van der Waals surface area contributed by atoms with Crippen LogP contribution in [0.4, 0.5) is 0 Å². The number of hydrogen-bond acceptors (Lipinski definition) is 5. The Bertz CT molecular complexity index is 779. The van der Waals surface area contributed by atoms with Gasteiger partial charge in [-0.25, -0.2) is 0 Å². The number of rotatable bonds is 1. The third-order valence-electron chi connectivity index (χ3n) is 4.30. The second-order valence-electron chi connectivity index (χ2n) is 6.79. The van der Waals surface area contributed by atoms with Crippen LogP contribution in [-0.2, 0) is 9.53 Å². The Labute approximate surface area is 134 Å². The molecule has 2 aliphatic rings. The van der Waals surface area contributed by atoms with Gasteiger partial charge in [-0.2, -0.15) is 5.26 Å². The summed E-state index contributed by atoms with van der Waals surface area (Å²) in [6.45, 7) is 4.01. The summed E-state index contributed by atoms with van der Waals surface area (Å²) >= 11 is 0. The van der Waals surface area contributed by atoms with Crippen molar-refractivity contribution in [1.29, 1.82) is 5.26 Å². The van der Waals surface area contributed by atoms with Crippen LogP contribution >= 0.6 is 0 Å². The molecular weight excluding hydrogens is 292 g/mol. The van der Waals surface area contributed by atoms with E-state index in [-0.39, 0.29) is 28.4 Å². The number of carbonyl (C=O) groups excluding carboxylic acids is 1. The van der Waals surface area contributed by atoms with Crippen LogP contribution in [0.25, 0.3) is 0 Å². The summed E-state index contributed by atoms with van der Waals surface area (Å²) < 4.78 is 5.62. The van der Waals surface area contributed by atoms with E-state index in [4.69, 9.17) is 10.5 Å². The van der Waals surface area contributed by atoms with E-state index in [9.17, 15) is 15.2 Å². The Morgan fingerprint density at radius 2 is 1.96 bits per heavy atom. The minimum Gasteiger partial charge on any atom is -0.508 e. The van der Waals surface area contributed by atoms with Gasteiger partial charge in [0.2, 0.25) is 5.88 Å². The lowest BCUT2D eigenvalue weighted by Gasteiger charge is -2.37. The zero-order valence-corrected chi connectivity index (χ0v) is 13.1. The fraction of sp³-hybridized carbons (Fsp3) is 0.333. The van der Waals surface area contributed by atoms with Gasteiger partial charge in [0.05, 0.1) is 5.92 Å². The molecule has 0 fully saturated rings. The number of hydrogen-bond donors (Lipinski definition) is 2. The van der Waals surface area contributed by atoms with Gasteiger partial charge < -0.3 is 15.6 Å². The molecule has 0 radical (unpaired) electrons. The van der Waals surface area contributed by atoms with E-state index in [1.165, 1.54) is 12.1 Å². The second-order valence-corrected chi connectivity index (χ2v) is 6.79. The average Bonchev–Trinajstić information content (AvgIpc) is 2.45. The van der Waals surface area contributed by atoms with Gasteiger partial charge in [-0.1, -0.05) is 26.0 Å². The lowest BCUT2D eigenvalue weighted by atomic mass is 9.70. The molecule has 0 saturated carbocycles. The highest BCUT2D eigenvalue weighted by molar-refractivity contribution is 6.00. The molecule has 0 saturated heterocycles. The molecule has 1 atom stereocenters. The SMILES string of the molecule is CC1(C)CC(=O)C2=C(C1)OC(N)=C(C#N)[C@@H]2c1ccc(O)cc1. The number of nitriles is 1. The van der Waals surface area contributed by atoms with Crippen LogP contribution < -0.4 is 5.73 Å². The van der Waals surface area contributed by atoms with Crippen molar-refractivity contribution in [1.82, 2.24) is 0 Å². The van der Waals surface area contributed by atoms with Crippen LogP contribution in [0.3, 0.4) is 0 Å². The van der Waals surface area contributed by atoms with Crippen molar-refractivity contribution >= 4 is 5.78 Å². The lowest BCUT2D eigenvalue weighted by molar-refractivity contribution is -0.119. The minimum atomic E-state index is -0.534. The molecular formula is C18H18N2O3. The van der Waals surface area contributed by atoms with E-state index in [2.05, 4.69) is 6.07 Å². The number of nitrogens with two attached hydrogens (primary N) is 1. The number of allylic oxidation sites excluding steroid dienone is 3. The number of phenolic OH excluding ortho intramolecular Hbond substituents is 1. The van der Waals surface area contributed by atoms with Crippen molar-refractivity contribution < 1.29 is 14.6 Å². The lowest BCUT2D eigenvalue weighted by Crippen LogP contribution is -2.33. The number of nitrogens with zero attached hydrogens (tertiary/aromatic N) is 1. The van der Waals surface area contributed by atoms with Crippen molar-refractivity contribution in [2.75, 3.05) is 0 Å². The van der Waals surface area contributed by atoms with Gasteiger partial charge in [0.1, 0.15) is 23.2 Å². The molecule has 3 N–H and O–H groups in total. The van der Waals surface area contributed by atoms with Gasteiger partial charge in [-0.3, -0.25) is 4.79 Å². The number of carbonyl (C=O) groups is 1. The van der Waals surface area contributed by atoms with E-state index >= 15 is 0 Å². The molecule has 1 aromatic carbocycles. The molecule has 118 valence electrons. The van der Waals surface area contributed by atoms with Crippen molar-refractivity contribution in [2.24, 2.45) is 11.1 Å². The number of aromatic hydroxyl groups is 1. The Morgan fingerprint density at radius 3 is 2.57 bits per heavy atom. The third-order valence-corrected chi connectivity index (χ3v) is 4.30. The summed E-state index contributed by atoms with van der Waals surface area (Å²) in [5.74, 6) is 0.180. The first kappa shape index (κ1) is 15.2. The van der Waals surface area contributed by atoms with E-state index in [0.29, 0.717) is 24.2 Å². The van der Waals surface area contributed by atoms with Crippen LogP contribution in [0.1, 0.15) is 38.2 Å². The predicted molar refractivity (Wildman–Crippen MR) is 83.8 cm³/mol. The molecule has 1 aromatic rings. The van der Waals surface area contributed by atoms with Crippen molar-refractivity contribution in [3.63, 3.8) is 0 Å². The molecule has 5 heteroatoms. The maximum absolute atomic E-state index is 12.7. The fourth-order valence-electron chi connectivity index (χ4n) is 3.28. The van der Waals surface area contributed by atoms with Gasteiger partial charge in [0.15, 0.2) is 5.78 Å². The summed E-state index contributed by atoms with van der Waals surface area (Å²) in [4.78, 5) is 12.7. The second kappa shape index (κ2) is 5.17. The van der Waals surface area contributed by atoms with Crippen LogP contribution in [0.2, 0.25) is 0 Å². The standard InChI is InChI=1S/C18H18N2O3/c1-18(2)7-13(22)16-14(8-18)23-17(20)12(9-19)15(16)10-3-5-11(21)6-4-10/h3-6,15,21H,7-8,20H2,1-2H3/t15-/m0/s1. The zero-order valence-electron chi connectivity index (χ0n) is 13.1. The van der Waals surface area contributed by atoms with E-state index in [0.717, 1.165) is 5.56 Å². The smallest absolute Gasteiger partial charge is 0.205 e. The summed E-state index contributed by atoms with van der Waals surface area (Å²) in [6, 6.07) is 8.55. The molecule has 23 heavy (non-hydrogen) atoms. The highest BCUT2D eigenvalue weighted by atomic mass is 16.5. The first-order chi connectivity index (χ1) is 10.8. The molecule has 0 unspecified atom stereocenters. The van der Waals surface area contributed by atoms with Gasteiger partial charge >= 0.3 is 0 Å². The normalized spacial score (nSPS) is 23.2. The molecule has 5 nitrogen and oxygen atoms in total. The van der Waals surface area contributed by atoms with Crippen LogP contribution in [-0.4, -0.2) is 10.9 Å². The molecule has 1 heterocycles. The molecule has 0 aromatic heterocycles. The largest absolute Gasteiger partial charge is 0.508 e. The molecule has 1 aliphatic carbocycles. The Kier molecular flexibility index (Phi) is 3.41. The number of benzene rings is 1. The summed E-state index contributed by atoms with van der Waals surface area (Å²) in [7, 11) is 0. The van der Waals surface area contributed by atoms with Gasteiger partial charge in [-0.05, 0) is 23.1 Å². The quantitative estimate of drug-likeness (QED) is 0.831. The molecule has 3 rings (SSSR count). The van der Waals surface area contributed by atoms with Crippen molar-refractivity contribution in [3.8, 4) is 11.8 Å². The molecule has 1 aliphatic heterocycles. The van der Waals surface area contributed by atoms with Crippen molar-refractivity contribution in [3.05, 3.63) is 52.6 Å². The Morgan fingerprint density at radius 1 is 1.30 bits per heavy atom. The van der Waals surface area contributed by atoms with Gasteiger partial charge in [-0.15, -0.1) is 0 Å². The third kappa shape index (κ3) is 2.57. The maximum atomic E-state index is 12.7. The number of ether oxygens (including phenoxy) is 1. The summed E-state index contributed by atoms with van der Waals surface area (Å²) in [5, 5.41) is 19.0. The molecule has 0 spiro atoms. The Hall–Kier alpha value is -2.74.